The molecule has 1 atom stereocenters. The van der Waals surface area contributed by atoms with Gasteiger partial charge in [-0.3, -0.25) is 9.59 Å². The fourth-order valence-corrected chi connectivity index (χ4v) is 4.16. The van der Waals surface area contributed by atoms with Crippen LogP contribution < -0.4 is 0 Å². The van der Waals surface area contributed by atoms with Crippen LogP contribution in [-0.4, -0.2) is 30.4 Å². The largest absolute Gasteiger partial charge is 0.465 e. The number of hydrogen-bond acceptors (Lipinski definition) is 5. The van der Waals surface area contributed by atoms with E-state index in [1.165, 1.54) is 7.11 Å². The summed E-state index contributed by atoms with van der Waals surface area (Å²) < 4.78 is 10.5. The summed E-state index contributed by atoms with van der Waals surface area (Å²) in [6.07, 6.45) is 5.89. The Morgan fingerprint density at radius 1 is 1.20 bits per heavy atom. The van der Waals surface area contributed by atoms with Crippen molar-refractivity contribution in [2.45, 2.75) is 57.0 Å². The number of methoxy groups -OCH3 is 1. The minimum absolute atomic E-state index is 0.0100. The number of rotatable bonds is 5. The maximum absolute atomic E-state index is 12.1. The highest BCUT2D eigenvalue weighted by molar-refractivity contribution is 5.98. The van der Waals surface area contributed by atoms with Gasteiger partial charge in [0.25, 0.3) is 0 Å². The highest BCUT2D eigenvalue weighted by Crippen LogP contribution is 2.43. The van der Waals surface area contributed by atoms with Crippen LogP contribution in [0.2, 0.25) is 0 Å². The molecule has 0 aromatic heterocycles. The summed E-state index contributed by atoms with van der Waals surface area (Å²) in [5.41, 5.74) is 0.916. The second-order valence-electron chi connectivity index (χ2n) is 7.10. The van der Waals surface area contributed by atoms with Crippen molar-refractivity contribution in [1.29, 1.82) is 0 Å². The lowest BCUT2D eigenvalue weighted by molar-refractivity contribution is -0.178. The molecule has 1 aromatic rings. The van der Waals surface area contributed by atoms with Gasteiger partial charge in [0, 0.05) is 6.42 Å². The quantitative estimate of drug-likeness (QED) is 0.606. The van der Waals surface area contributed by atoms with Gasteiger partial charge in [-0.1, -0.05) is 25.0 Å². The van der Waals surface area contributed by atoms with Gasteiger partial charge < -0.3 is 9.47 Å². The zero-order valence-corrected chi connectivity index (χ0v) is 14.6. The third-order valence-electron chi connectivity index (χ3n) is 5.47. The van der Waals surface area contributed by atoms with Gasteiger partial charge in [-0.25, -0.2) is 4.79 Å². The molecular weight excluding hydrogens is 320 g/mol. The Bertz CT molecular complexity index is 639. The number of aryl methyl sites for hydroxylation is 1. The van der Waals surface area contributed by atoms with Crippen LogP contribution >= 0.6 is 0 Å². The highest BCUT2D eigenvalue weighted by Gasteiger charge is 2.47. The Morgan fingerprint density at radius 3 is 2.48 bits per heavy atom. The Labute approximate surface area is 147 Å². The molecule has 1 aromatic carbocycles. The zero-order valence-electron chi connectivity index (χ0n) is 14.6. The van der Waals surface area contributed by atoms with E-state index >= 15 is 0 Å². The first-order valence-corrected chi connectivity index (χ1v) is 8.93. The molecule has 134 valence electrons. The van der Waals surface area contributed by atoms with E-state index in [0.29, 0.717) is 24.8 Å². The molecular formula is C20H24O5. The number of esters is 2. The number of Topliss-reactive ketones (excluding diaryl/α,β-unsaturated/α-hetero) is 1. The van der Waals surface area contributed by atoms with Crippen LogP contribution in [0.1, 0.15) is 60.9 Å². The van der Waals surface area contributed by atoms with Gasteiger partial charge in [0.2, 0.25) is 0 Å². The molecule has 2 aliphatic rings. The fraction of sp³-hybridized carbons (Fsp3) is 0.550. The lowest BCUT2D eigenvalue weighted by atomic mass is 9.76. The first-order valence-electron chi connectivity index (χ1n) is 8.93. The van der Waals surface area contributed by atoms with Gasteiger partial charge >= 0.3 is 11.9 Å². The fourth-order valence-electron chi connectivity index (χ4n) is 4.16. The summed E-state index contributed by atoms with van der Waals surface area (Å²) in [6.45, 7) is 0. The summed E-state index contributed by atoms with van der Waals surface area (Å²) in [7, 11) is 1.36. The molecule has 0 bridgehead atoms. The molecule has 0 amide bonds. The van der Waals surface area contributed by atoms with Crippen molar-refractivity contribution < 1.29 is 23.9 Å². The van der Waals surface area contributed by atoms with Gasteiger partial charge in [0.05, 0.1) is 12.7 Å². The zero-order chi connectivity index (χ0) is 17.9. The lowest BCUT2D eigenvalue weighted by Crippen LogP contribution is -2.48. The molecule has 25 heavy (non-hydrogen) atoms. The highest BCUT2D eigenvalue weighted by atomic mass is 16.6. The van der Waals surface area contributed by atoms with E-state index in [4.69, 9.17) is 9.47 Å². The first kappa shape index (κ1) is 17.6. The van der Waals surface area contributed by atoms with Crippen LogP contribution in [0, 0.1) is 5.92 Å². The van der Waals surface area contributed by atoms with Crippen molar-refractivity contribution in [2.24, 2.45) is 5.92 Å². The average Bonchev–Trinajstić information content (AvgIpc) is 3.14. The lowest BCUT2D eigenvalue weighted by Gasteiger charge is -2.41. The molecule has 1 unspecified atom stereocenters. The molecule has 1 saturated carbocycles. The van der Waals surface area contributed by atoms with Crippen LogP contribution in [-0.2, 0) is 25.5 Å². The van der Waals surface area contributed by atoms with Crippen molar-refractivity contribution >= 4 is 17.7 Å². The summed E-state index contributed by atoms with van der Waals surface area (Å²) >= 11 is 0. The van der Waals surface area contributed by atoms with E-state index in [9.17, 15) is 14.4 Å². The first-order chi connectivity index (χ1) is 12.0. The van der Waals surface area contributed by atoms with Crippen LogP contribution in [0.15, 0.2) is 24.3 Å². The number of ketones is 1. The number of hydrogen-bond donors (Lipinski definition) is 0. The Balaban J connectivity index is 1.73. The van der Waals surface area contributed by atoms with Gasteiger partial charge in [-0.2, -0.15) is 0 Å². The molecule has 1 aliphatic heterocycles. The monoisotopic (exact) mass is 344 g/mol. The van der Waals surface area contributed by atoms with Crippen LogP contribution in [0.4, 0.5) is 0 Å². The van der Waals surface area contributed by atoms with E-state index in [2.05, 4.69) is 0 Å². The normalized spacial score (nSPS) is 24.2. The maximum atomic E-state index is 12.1. The number of cyclic esters (lactones) is 1. The van der Waals surface area contributed by atoms with Crippen molar-refractivity contribution in [2.75, 3.05) is 7.11 Å². The predicted octanol–water partition coefficient (Wildman–Crippen LogP) is 3.24. The smallest absolute Gasteiger partial charge is 0.337 e. The van der Waals surface area contributed by atoms with Crippen molar-refractivity contribution in [3.05, 3.63) is 35.4 Å². The molecule has 1 heterocycles. The number of ether oxygens (including phenoxy) is 2. The Kier molecular flexibility index (Phi) is 5.21. The van der Waals surface area contributed by atoms with Crippen LogP contribution in [0.25, 0.3) is 0 Å². The molecule has 0 spiro atoms. The van der Waals surface area contributed by atoms with Crippen molar-refractivity contribution in [3.8, 4) is 0 Å². The van der Waals surface area contributed by atoms with Crippen molar-refractivity contribution in [1.82, 2.24) is 0 Å². The van der Waals surface area contributed by atoms with E-state index < -0.39 is 5.60 Å². The van der Waals surface area contributed by atoms with Gasteiger partial charge in [0.1, 0.15) is 17.8 Å². The van der Waals surface area contributed by atoms with Gasteiger partial charge in [-0.05, 0) is 49.3 Å². The van der Waals surface area contributed by atoms with E-state index in [1.807, 2.05) is 12.1 Å². The maximum Gasteiger partial charge on any atom is 0.337 e. The van der Waals surface area contributed by atoms with Crippen molar-refractivity contribution in [3.63, 3.8) is 0 Å². The van der Waals surface area contributed by atoms with Gasteiger partial charge in [-0.15, -0.1) is 0 Å². The molecule has 0 radical (unpaired) electrons. The van der Waals surface area contributed by atoms with E-state index in [-0.39, 0.29) is 30.1 Å². The van der Waals surface area contributed by atoms with Gasteiger partial charge in [0.15, 0.2) is 0 Å². The molecule has 1 saturated heterocycles. The molecule has 5 heteroatoms. The molecule has 1 aliphatic carbocycles. The summed E-state index contributed by atoms with van der Waals surface area (Å²) in [4.78, 5) is 35.5. The summed E-state index contributed by atoms with van der Waals surface area (Å²) in [5.74, 6) is -0.482. The Hall–Kier alpha value is -2.17. The van der Waals surface area contributed by atoms with E-state index in [1.54, 1.807) is 12.1 Å². The minimum atomic E-state index is -0.649. The predicted molar refractivity (Wildman–Crippen MR) is 91.1 cm³/mol. The third-order valence-corrected chi connectivity index (χ3v) is 5.47. The molecule has 5 nitrogen and oxygen atoms in total. The van der Waals surface area contributed by atoms with E-state index in [0.717, 1.165) is 31.2 Å². The standard InChI is InChI=1S/C20H24O5/c1-24-19(23)15-8-6-14(7-9-15)10-11-20(16-4-2-3-5-16)13-17(21)12-18(22)25-20/h6-9,16H,2-5,10-13H2,1H3. The SMILES string of the molecule is COC(=O)c1ccc(CCC2(C3CCCC3)CC(=O)CC(=O)O2)cc1. The topological polar surface area (TPSA) is 69.7 Å². The second kappa shape index (κ2) is 7.38. The average molecular weight is 344 g/mol. The van der Waals surface area contributed by atoms with Crippen LogP contribution in [0.5, 0.6) is 0 Å². The number of carbonyl (C=O) groups excluding carboxylic acids is 3. The molecule has 3 rings (SSSR count). The number of benzene rings is 1. The van der Waals surface area contributed by atoms with Crippen LogP contribution in [0.3, 0.4) is 0 Å². The summed E-state index contributed by atoms with van der Waals surface area (Å²) in [6, 6.07) is 7.25. The minimum Gasteiger partial charge on any atom is -0.465 e. The number of carbonyl (C=O) groups is 3. The third kappa shape index (κ3) is 3.91. The second-order valence-corrected chi connectivity index (χ2v) is 7.10. The molecule has 2 fully saturated rings. The Morgan fingerprint density at radius 2 is 1.88 bits per heavy atom. The molecule has 0 N–H and O–H groups in total. The summed E-state index contributed by atoms with van der Waals surface area (Å²) in [5, 5.41) is 0.